The Morgan fingerprint density at radius 2 is 2.27 bits per heavy atom. The first-order valence-electron chi connectivity index (χ1n) is 8.13. The number of fused-ring (bicyclic) bond motifs is 1. The van der Waals surface area contributed by atoms with Gasteiger partial charge >= 0.3 is 6.03 Å². The van der Waals surface area contributed by atoms with E-state index < -0.39 is 0 Å². The molecule has 5 heteroatoms. The Kier molecular flexibility index (Phi) is 5.51. The maximum Gasteiger partial charge on any atom is 0.317 e. The molecule has 1 aliphatic rings. The summed E-state index contributed by atoms with van der Waals surface area (Å²) in [5.74, 6) is 0.995. The second kappa shape index (κ2) is 7.18. The number of furan rings is 1. The van der Waals surface area contributed by atoms with Gasteiger partial charge in [-0.25, -0.2) is 4.79 Å². The third-order valence-corrected chi connectivity index (χ3v) is 3.89. The predicted molar refractivity (Wildman–Crippen MR) is 85.6 cm³/mol. The van der Waals surface area contributed by atoms with Crippen LogP contribution in [0.4, 0.5) is 4.79 Å². The van der Waals surface area contributed by atoms with Gasteiger partial charge in [0, 0.05) is 31.7 Å². The minimum Gasteiger partial charge on any atom is -0.469 e. The van der Waals surface area contributed by atoms with Crippen LogP contribution in [0.15, 0.2) is 16.7 Å². The van der Waals surface area contributed by atoms with Crippen LogP contribution in [-0.2, 0) is 6.42 Å². The standard InChI is InChI=1S/C17H28N2O3/c1-17(2,3)12-19(9-5-10-20)16(21)18-14-6-4-7-15-13(14)8-11-22-15/h8,11,14,20H,4-7,9-10,12H2,1-3H3,(H,18,21). The van der Waals surface area contributed by atoms with Gasteiger partial charge in [0.05, 0.1) is 12.3 Å². The van der Waals surface area contributed by atoms with E-state index in [9.17, 15) is 4.79 Å². The van der Waals surface area contributed by atoms with Gasteiger partial charge in [-0.2, -0.15) is 0 Å². The van der Waals surface area contributed by atoms with Crippen LogP contribution in [0.25, 0.3) is 0 Å². The molecule has 0 radical (unpaired) electrons. The number of carbonyl (C=O) groups excluding carboxylic acids is 1. The van der Waals surface area contributed by atoms with Crippen molar-refractivity contribution in [3.63, 3.8) is 0 Å². The van der Waals surface area contributed by atoms with Crippen LogP contribution in [0.5, 0.6) is 0 Å². The average Bonchev–Trinajstić information content (AvgIpc) is 2.91. The van der Waals surface area contributed by atoms with Crippen LogP contribution < -0.4 is 5.32 Å². The molecule has 2 amide bonds. The molecule has 22 heavy (non-hydrogen) atoms. The van der Waals surface area contributed by atoms with E-state index in [1.165, 1.54) is 0 Å². The van der Waals surface area contributed by atoms with E-state index in [0.717, 1.165) is 30.6 Å². The summed E-state index contributed by atoms with van der Waals surface area (Å²) < 4.78 is 5.48. The molecule has 1 aromatic heterocycles. The van der Waals surface area contributed by atoms with Crippen molar-refractivity contribution in [3.8, 4) is 0 Å². The maximum atomic E-state index is 12.6. The molecule has 0 saturated heterocycles. The molecule has 2 rings (SSSR count). The highest BCUT2D eigenvalue weighted by atomic mass is 16.3. The number of nitrogens with zero attached hydrogens (tertiary/aromatic N) is 1. The van der Waals surface area contributed by atoms with Crippen LogP contribution in [-0.4, -0.2) is 35.7 Å². The Morgan fingerprint density at radius 1 is 1.50 bits per heavy atom. The molecule has 0 aromatic carbocycles. The Labute approximate surface area is 132 Å². The topological polar surface area (TPSA) is 65.7 Å². The summed E-state index contributed by atoms with van der Waals surface area (Å²) in [6.45, 7) is 7.68. The van der Waals surface area contributed by atoms with Crippen molar-refractivity contribution >= 4 is 6.03 Å². The van der Waals surface area contributed by atoms with Crippen molar-refractivity contribution in [2.45, 2.75) is 52.5 Å². The summed E-state index contributed by atoms with van der Waals surface area (Å²) in [6.07, 6.45) is 5.23. The molecule has 0 saturated carbocycles. The van der Waals surface area contributed by atoms with Crippen LogP contribution in [0.3, 0.4) is 0 Å². The summed E-state index contributed by atoms with van der Waals surface area (Å²) in [6, 6.07) is 1.94. The number of aliphatic hydroxyl groups excluding tert-OH is 1. The van der Waals surface area contributed by atoms with Crippen molar-refractivity contribution in [2.24, 2.45) is 5.41 Å². The molecule has 124 valence electrons. The van der Waals surface area contributed by atoms with Gasteiger partial charge in [0.2, 0.25) is 0 Å². The fraction of sp³-hybridized carbons (Fsp3) is 0.706. The highest BCUT2D eigenvalue weighted by Gasteiger charge is 2.27. The zero-order chi connectivity index (χ0) is 16.2. The normalized spacial score (nSPS) is 17.9. The number of aliphatic hydroxyl groups is 1. The number of rotatable bonds is 5. The smallest absolute Gasteiger partial charge is 0.317 e. The molecule has 0 bridgehead atoms. The molecular weight excluding hydrogens is 280 g/mol. The van der Waals surface area contributed by atoms with E-state index in [0.29, 0.717) is 19.5 Å². The van der Waals surface area contributed by atoms with Gasteiger partial charge in [-0.1, -0.05) is 20.8 Å². The summed E-state index contributed by atoms with van der Waals surface area (Å²) in [7, 11) is 0. The molecule has 5 nitrogen and oxygen atoms in total. The lowest BCUT2D eigenvalue weighted by atomic mass is 9.93. The van der Waals surface area contributed by atoms with Crippen molar-refractivity contribution in [3.05, 3.63) is 23.7 Å². The fourth-order valence-corrected chi connectivity index (χ4v) is 2.96. The maximum absolute atomic E-state index is 12.6. The molecule has 0 aliphatic heterocycles. The van der Waals surface area contributed by atoms with Crippen molar-refractivity contribution in [2.75, 3.05) is 19.7 Å². The average molecular weight is 308 g/mol. The molecule has 1 aliphatic carbocycles. The highest BCUT2D eigenvalue weighted by Crippen LogP contribution is 2.30. The van der Waals surface area contributed by atoms with Gasteiger partial charge in [0.1, 0.15) is 5.76 Å². The number of nitrogens with one attached hydrogen (secondary N) is 1. The number of hydrogen-bond acceptors (Lipinski definition) is 3. The fourth-order valence-electron chi connectivity index (χ4n) is 2.96. The predicted octanol–water partition coefficient (Wildman–Crippen LogP) is 3.10. The lowest BCUT2D eigenvalue weighted by Crippen LogP contribution is -2.46. The van der Waals surface area contributed by atoms with E-state index in [1.54, 1.807) is 6.26 Å². The lowest BCUT2D eigenvalue weighted by Gasteiger charge is -2.32. The van der Waals surface area contributed by atoms with E-state index in [1.807, 2.05) is 11.0 Å². The van der Waals surface area contributed by atoms with Gasteiger partial charge in [-0.15, -0.1) is 0 Å². The SMILES string of the molecule is CC(C)(C)CN(CCCO)C(=O)NC1CCCc2occc21. The third-order valence-electron chi connectivity index (χ3n) is 3.89. The highest BCUT2D eigenvalue weighted by molar-refractivity contribution is 5.75. The second-order valence-corrected chi connectivity index (χ2v) is 7.25. The summed E-state index contributed by atoms with van der Waals surface area (Å²) in [5, 5.41) is 12.2. The van der Waals surface area contributed by atoms with Crippen LogP contribution >= 0.6 is 0 Å². The van der Waals surface area contributed by atoms with Gasteiger partial charge in [0.25, 0.3) is 0 Å². The van der Waals surface area contributed by atoms with Crippen molar-refractivity contribution < 1.29 is 14.3 Å². The number of aryl methyl sites for hydroxylation is 1. The summed E-state index contributed by atoms with van der Waals surface area (Å²) in [4.78, 5) is 14.4. The Hall–Kier alpha value is -1.49. The zero-order valence-corrected chi connectivity index (χ0v) is 13.9. The minimum atomic E-state index is -0.0533. The number of amides is 2. The lowest BCUT2D eigenvalue weighted by molar-refractivity contribution is 0.160. The van der Waals surface area contributed by atoms with Gasteiger partial charge in [-0.3, -0.25) is 0 Å². The number of urea groups is 1. The van der Waals surface area contributed by atoms with Gasteiger partial charge in [-0.05, 0) is 30.7 Å². The van der Waals surface area contributed by atoms with Gasteiger partial charge < -0.3 is 19.7 Å². The van der Waals surface area contributed by atoms with E-state index in [-0.39, 0.29) is 24.1 Å². The summed E-state index contributed by atoms with van der Waals surface area (Å²) >= 11 is 0. The van der Waals surface area contributed by atoms with Crippen molar-refractivity contribution in [1.82, 2.24) is 10.2 Å². The molecule has 0 spiro atoms. The van der Waals surface area contributed by atoms with Crippen LogP contribution in [0.1, 0.15) is 57.4 Å². The Bertz CT molecular complexity index is 490. The molecule has 0 fully saturated rings. The molecule has 2 N–H and O–H groups in total. The van der Waals surface area contributed by atoms with Crippen LogP contribution in [0.2, 0.25) is 0 Å². The molecule has 1 heterocycles. The molecular formula is C17H28N2O3. The Morgan fingerprint density at radius 3 is 2.95 bits per heavy atom. The van der Waals surface area contributed by atoms with E-state index >= 15 is 0 Å². The minimum absolute atomic E-state index is 0.0279. The van der Waals surface area contributed by atoms with Crippen molar-refractivity contribution in [1.29, 1.82) is 0 Å². The number of hydrogen-bond donors (Lipinski definition) is 2. The number of carbonyl (C=O) groups is 1. The van der Waals surface area contributed by atoms with Gasteiger partial charge in [0.15, 0.2) is 0 Å². The largest absolute Gasteiger partial charge is 0.469 e. The van der Waals surface area contributed by atoms with E-state index in [2.05, 4.69) is 26.1 Å². The molecule has 1 unspecified atom stereocenters. The third kappa shape index (κ3) is 4.50. The second-order valence-electron chi connectivity index (χ2n) is 7.25. The molecule has 1 aromatic rings. The monoisotopic (exact) mass is 308 g/mol. The zero-order valence-electron chi connectivity index (χ0n) is 13.9. The quantitative estimate of drug-likeness (QED) is 0.878. The van der Waals surface area contributed by atoms with Crippen LogP contribution in [0, 0.1) is 5.41 Å². The first kappa shape index (κ1) is 16.9. The summed E-state index contributed by atoms with van der Waals surface area (Å²) in [5.41, 5.74) is 1.14. The van der Waals surface area contributed by atoms with E-state index in [4.69, 9.17) is 9.52 Å². The Balaban J connectivity index is 2.02. The molecule has 1 atom stereocenters. The first-order valence-corrected chi connectivity index (χ1v) is 8.13. The first-order chi connectivity index (χ1) is 10.4.